The molecule has 1 N–H and O–H groups in total. The molecule has 0 spiro atoms. The van der Waals surface area contributed by atoms with E-state index in [0.717, 1.165) is 18.7 Å². The first-order valence-corrected chi connectivity index (χ1v) is 7.26. The highest BCUT2D eigenvalue weighted by Gasteiger charge is 2.17. The summed E-state index contributed by atoms with van der Waals surface area (Å²) in [5.74, 6) is 0. The van der Waals surface area contributed by atoms with Gasteiger partial charge in [0.15, 0.2) is 0 Å². The highest BCUT2D eigenvalue weighted by atomic mass is 35.5. The molecule has 1 aliphatic rings. The van der Waals surface area contributed by atoms with E-state index in [0.29, 0.717) is 21.6 Å². The summed E-state index contributed by atoms with van der Waals surface area (Å²) < 4.78 is 0. The molecule has 1 atom stereocenters. The largest absolute Gasteiger partial charge is 0.387 e. The maximum Gasteiger partial charge on any atom is 0.0917 e. The van der Waals surface area contributed by atoms with Crippen LogP contribution in [0.3, 0.4) is 0 Å². The quantitative estimate of drug-likeness (QED) is 0.847. The monoisotopic (exact) mass is 307 g/mol. The first-order chi connectivity index (χ1) is 8.58. The number of halogens is 3. The number of piperidine rings is 1. The van der Waals surface area contributed by atoms with Gasteiger partial charge in [-0.15, -0.1) is 0 Å². The van der Waals surface area contributed by atoms with E-state index in [1.807, 2.05) is 0 Å². The first-order valence-electron chi connectivity index (χ1n) is 6.13. The number of rotatable bonds is 3. The van der Waals surface area contributed by atoms with Crippen LogP contribution in [0, 0.1) is 0 Å². The van der Waals surface area contributed by atoms with Gasteiger partial charge in [0.25, 0.3) is 0 Å². The molecule has 0 saturated carbocycles. The molecule has 2 nitrogen and oxygen atoms in total. The van der Waals surface area contributed by atoms with Gasteiger partial charge >= 0.3 is 0 Å². The summed E-state index contributed by atoms with van der Waals surface area (Å²) in [6.45, 7) is 2.71. The van der Waals surface area contributed by atoms with Crippen molar-refractivity contribution in [2.75, 3.05) is 19.6 Å². The number of hydrogen-bond donors (Lipinski definition) is 1. The van der Waals surface area contributed by atoms with Crippen molar-refractivity contribution in [2.24, 2.45) is 0 Å². The van der Waals surface area contributed by atoms with E-state index in [1.165, 1.54) is 19.3 Å². The van der Waals surface area contributed by atoms with Crippen LogP contribution < -0.4 is 0 Å². The number of β-amino-alcohol motifs (C(OH)–C–C–N with tert-alkyl or cyclic N) is 1. The Balaban J connectivity index is 2.06. The summed E-state index contributed by atoms with van der Waals surface area (Å²) in [5, 5.41) is 11.3. The minimum Gasteiger partial charge on any atom is -0.387 e. The second-order valence-electron chi connectivity index (χ2n) is 4.68. The van der Waals surface area contributed by atoms with Gasteiger partial charge in [0, 0.05) is 6.54 Å². The van der Waals surface area contributed by atoms with Gasteiger partial charge in [0.1, 0.15) is 0 Å². The van der Waals surface area contributed by atoms with Crippen molar-refractivity contribution < 1.29 is 5.11 Å². The van der Waals surface area contributed by atoms with Crippen molar-refractivity contribution in [1.82, 2.24) is 4.90 Å². The van der Waals surface area contributed by atoms with Crippen molar-refractivity contribution in [3.8, 4) is 0 Å². The maximum absolute atomic E-state index is 10.2. The fourth-order valence-electron chi connectivity index (χ4n) is 2.26. The van der Waals surface area contributed by atoms with Crippen molar-refractivity contribution in [2.45, 2.75) is 25.4 Å². The lowest BCUT2D eigenvalue weighted by molar-refractivity contribution is 0.101. The Morgan fingerprint density at radius 1 is 1.06 bits per heavy atom. The van der Waals surface area contributed by atoms with Crippen molar-refractivity contribution in [3.05, 3.63) is 32.8 Å². The molecule has 0 bridgehead atoms. The number of hydrogen-bond acceptors (Lipinski definition) is 2. The maximum atomic E-state index is 10.2. The van der Waals surface area contributed by atoms with Crippen LogP contribution in [0.25, 0.3) is 0 Å². The normalized spacial score (nSPS) is 18.9. The lowest BCUT2D eigenvalue weighted by atomic mass is 10.1. The van der Waals surface area contributed by atoms with Crippen LogP contribution in [0.15, 0.2) is 12.1 Å². The third kappa shape index (κ3) is 3.52. The van der Waals surface area contributed by atoms with Crippen LogP contribution in [0.5, 0.6) is 0 Å². The molecule has 18 heavy (non-hydrogen) atoms. The van der Waals surface area contributed by atoms with Crippen LogP contribution in [0.1, 0.15) is 30.9 Å². The van der Waals surface area contributed by atoms with Gasteiger partial charge in [0.2, 0.25) is 0 Å². The average molecular weight is 309 g/mol. The molecule has 0 aliphatic carbocycles. The van der Waals surface area contributed by atoms with E-state index < -0.39 is 6.10 Å². The molecule has 1 fully saturated rings. The fourth-order valence-corrected chi connectivity index (χ4v) is 2.87. The summed E-state index contributed by atoms with van der Waals surface area (Å²) in [4.78, 5) is 2.27. The zero-order valence-corrected chi connectivity index (χ0v) is 12.3. The lowest BCUT2D eigenvalue weighted by Crippen LogP contribution is -2.33. The topological polar surface area (TPSA) is 23.5 Å². The van der Waals surface area contributed by atoms with Gasteiger partial charge in [0.05, 0.1) is 21.2 Å². The molecule has 2 rings (SSSR count). The smallest absolute Gasteiger partial charge is 0.0917 e. The molecule has 0 unspecified atom stereocenters. The van der Waals surface area contributed by atoms with Crippen LogP contribution in [-0.4, -0.2) is 29.6 Å². The van der Waals surface area contributed by atoms with Crippen molar-refractivity contribution >= 4 is 34.8 Å². The summed E-state index contributed by atoms with van der Waals surface area (Å²) >= 11 is 17.8. The summed E-state index contributed by atoms with van der Waals surface area (Å²) in [7, 11) is 0. The average Bonchev–Trinajstić information content (AvgIpc) is 2.36. The predicted octanol–water partition coefficient (Wildman–Crippen LogP) is 4.17. The van der Waals surface area contributed by atoms with Gasteiger partial charge in [-0.05, 0) is 43.6 Å². The lowest BCUT2D eigenvalue weighted by Gasteiger charge is -2.28. The molecule has 1 saturated heterocycles. The minimum atomic E-state index is -0.574. The number of aliphatic hydroxyl groups excluding tert-OH is 1. The highest BCUT2D eigenvalue weighted by Crippen LogP contribution is 2.33. The molecule has 1 aromatic rings. The van der Waals surface area contributed by atoms with Crippen LogP contribution in [-0.2, 0) is 0 Å². The molecule has 100 valence electrons. The molecular weight excluding hydrogens is 293 g/mol. The van der Waals surface area contributed by atoms with Crippen LogP contribution in [0.2, 0.25) is 15.1 Å². The summed E-state index contributed by atoms with van der Waals surface area (Å²) in [6, 6.07) is 3.37. The Morgan fingerprint density at radius 3 is 2.17 bits per heavy atom. The molecule has 1 aromatic carbocycles. The summed E-state index contributed by atoms with van der Waals surface area (Å²) in [5.41, 5.74) is 0.722. The molecule has 0 radical (unpaired) electrons. The SMILES string of the molecule is O[C@H](CN1CCCCC1)c1cc(Cl)c(Cl)c(Cl)c1. The van der Waals surface area contributed by atoms with E-state index >= 15 is 0 Å². The number of benzene rings is 1. The highest BCUT2D eigenvalue weighted by molar-refractivity contribution is 6.48. The van der Waals surface area contributed by atoms with E-state index in [1.54, 1.807) is 12.1 Å². The Labute approximate surface area is 122 Å². The van der Waals surface area contributed by atoms with Gasteiger partial charge in [-0.1, -0.05) is 41.2 Å². The van der Waals surface area contributed by atoms with Gasteiger partial charge in [-0.3, -0.25) is 0 Å². The molecular formula is C13H16Cl3NO. The second kappa shape index (κ2) is 6.44. The van der Waals surface area contributed by atoms with Gasteiger partial charge in [-0.25, -0.2) is 0 Å². The number of aliphatic hydroxyl groups is 1. The van der Waals surface area contributed by atoms with E-state index in [-0.39, 0.29) is 0 Å². The van der Waals surface area contributed by atoms with Gasteiger partial charge in [-0.2, -0.15) is 0 Å². The van der Waals surface area contributed by atoms with E-state index in [4.69, 9.17) is 34.8 Å². The Bertz CT molecular complexity index is 396. The molecule has 0 amide bonds. The standard InChI is InChI=1S/C13H16Cl3NO/c14-10-6-9(7-11(15)13(10)16)12(18)8-17-4-2-1-3-5-17/h6-7,12,18H,1-5,8H2/t12-/m1/s1. The van der Waals surface area contributed by atoms with Gasteiger partial charge < -0.3 is 10.0 Å². The fraction of sp³-hybridized carbons (Fsp3) is 0.538. The van der Waals surface area contributed by atoms with Crippen LogP contribution in [0.4, 0.5) is 0 Å². The van der Waals surface area contributed by atoms with Crippen molar-refractivity contribution in [1.29, 1.82) is 0 Å². The first kappa shape index (κ1) is 14.4. The van der Waals surface area contributed by atoms with E-state index in [9.17, 15) is 5.11 Å². The van der Waals surface area contributed by atoms with E-state index in [2.05, 4.69) is 4.90 Å². The third-order valence-corrected chi connectivity index (χ3v) is 4.47. The zero-order chi connectivity index (χ0) is 13.1. The number of likely N-dealkylation sites (tertiary alicyclic amines) is 1. The third-order valence-electron chi connectivity index (χ3n) is 3.27. The van der Waals surface area contributed by atoms with Crippen molar-refractivity contribution in [3.63, 3.8) is 0 Å². The summed E-state index contributed by atoms with van der Waals surface area (Å²) in [6.07, 6.45) is 3.12. The second-order valence-corrected chi connectivity index (χ2v) is 5.87. The van der Waals surface area contributed by atoms with Crippen LogP contribution >= 0.6 is 34.8 Å². The zero-order valence-electron chi connectivity index (χ0n) is 10.0. The molecule has 1 heterocycles. The predicted molar refractivity (Wildman–Crippen MR) is 76.7 cm³/mol. The molecule has 0 aromatic heterocycles. The Morgan fingerprint density at radius 2 is 1.61 bits per heavy atom. The molecule has 5 heteroatoms. The minimum absolute atomic E-state index is 0.340. The number of nitrogens with zero attached hydrogens (tertiary/aromatic N) is 1. The Hall–Kier alpha value is 0.01000. The Kier molecular flexibility index (Phi) is 5.16. The molecule has 1 aliphatic heterocycles.